The number of imidazole rings is 1. The van der Waals surface area contributed by atoms with Crippen molar-refractivity contribution >= 4 is 34.7 Å². The van der Waals surface area contributed by atoms with Gasteiger partial charge in [-0.3, -0.25) is 4.79 Å². The summed E-state index contributed by atoms with van der Waals surface area (Å²) in [6, 6.07) is 10.6. The van der Waals surface area contributed by atoms with Gasteiger partial charge in [-0.05, 0) is 58.9 Å². The molecule has 13 nitrogen and oxygen atoms in total. The molecule has 0 fully saturated rings. The van der Waals surface area contributed by atoms with E-state index in [0.29, 0.717) is 57.2 Å². The summed E-state index contributed by atoms with van der Waals surface area (Å²) in [5.74, 6) is 2.71. The molecule has 0 atom stereocenters. The van der Waals surface area contributed by atoms with Gasteiger partial charge in [-0.2, -0.15) is 0 Å². The van der Waals surface area contributed by atoms with Crippen LogP contribution in [0.2, 0.25) is 0 Å². The number of hydrogen-bond acceptors (Lipinski definition) is 10. The van der Waals surface area contributed by atoms with Gasteiger partial charge in [0.15, 0.2) is 23.1 Å². The Morgan fingerprint density at radius 1 is 0.905 bits per heavy atom. The van der Waals surface area contributed by atoms with Crippen LogP contribution in [0.25, 0.3) is 16.9 Å². The molecule has 2 amide bonds. The van der Waals surface area contributed by atoms with Crippen molar-refractivity contribution in [1.29, 1.82) is 0 Å². The monoisotopic (exact) mass is 577 g/mol. The van der Waals surface area contributed by atoms with Crippen molar-refractivity contribution in [2.45, 2.75) is 40.2 Å². The maximum atomic E-state index is 12.3. The third-order valence-corrected chi connectivity index (χ3v) is 5.97. The topological polar surface area (TPSA) is 150 Å². The van der Waals surface area contributed by atoms with E-state index in [1.807, 2.05) is 13.8 Å². The molecule has 0 spiro atoms. The molecule has 2 heterocycles. The number of alkyl carbamates (subject to hydrolysis) is 1. The Morgan fingerprint density at radius 2 is 1.55 bits per heavy atom. The summed E-state index contributed by atoms with van der Waals surface area (Å²) >= 11 is 0. The van der Waals surface area contributed by atoms with Gasteiger partial charge in [0.05, 0.1) is 27.0 Å². The van der Waals surface area contributed by atoms with Gasteiger partial charge in [-0.1, -0.05) is 0 Å². The summed E-state index contributed by atoms with van der Waals surface area (Å²) in [6.07, 6.45) is -0.665. The van der Waals surface area contributed by atoms with Crippen molar-refractivity contribution < 1.29 is 28.5 Å². The van der Waals surface area contributed by atoms with E-state index in [1.165, 1.54) is 0 Å². The zero-order valence-electron chi connectivity index (χ0n) is 24.9. The number of nitrogens with zero attached hydrogens (tertiary/aromatic N) is 4. The minimum absolute atomic E-state index is 0.230. The molecule has 3 N–H and O–H groups in total. The number of fused-ring (bicyclic) bond motifs is 1. The molecule has 0 aliphatic rings. The molecule has 0 saturated carbocycles. The van der Waals surface area contributed by atoms with Gasteiger partial charge in [0.25, 0.3) is 0 Å². The van der Waals surface area contributed by atoms with Crippen molar-refractivity contribution in [3.05, 3.63) is 47.9 Å². The largest absolute Gasteiger partial charge is 0.493 e. The molecule has 0 unspecified atom stereocenters. The lowest BCUT2D eigenvalue weighted by Crippen LogP contribution is -2.37. The standard InChI is InChI=1S/C29H35N7O6/c1-16-24-27(33-20-13-21(39-6)25(41-8)22(14-20)40-7)34-26(35-36(24)17(2)31-16)18-9-11-19(12-10-18)32-23(37)15-30-28(38)42-29(3,4)5/h9-14H,15H2,1-8H3,(H,30,38)(H,32,37)(H,33,34,35). The first-order chi connectivity index (χ1) is 19.9. The molecule has 2 aromatic carbocycles. The highest BCUT2D eigenvalue weighted by Gasteiger charge is 2.19. The van der Waals surface area contributed by atoms with E-state index in [4.69, 9.17) is 29.0 Å². The fourth-order valence-corrected chi connectivity index (χ4v) is 4.20. The summed E-state index contributed by atoms with van der Waals surface area (Å²) < 4.78 is 23.3. The third kappa shape index (κ3) is 6.79. The number of methoxy groups -OCH3 is 3. The second-order valence-corrected chi connectivity index (χ2v) is 10.3. The van der Waals surface area contributed by atoms with Gasteiger partial charge in [0, 0.05) is 29.1 Å². The van der Waals surface area contributed by atoms with Crippen LogP contribution in [0, 0.1) is 13.8 Å². The van der Waals surface area contributed by atoms with E-state index in [0.717, 1.165) is 5.69 Å². The summed E-state index contributed by atoms with van der Waals surface area (Å²) in [6.45, 7) is 8.77. The quantitative estimate of drug-likeness (QED) is 0.257. The zero-order valence-corrected chi connectivity index (χ0v) is 24.9. The second-order valence-electron chi connectivity index (χ2n) is 10.3. The van der Waals surface area contributed by atoms with Crippen LogP contribution < -0.4 is 30.2 Å². The Hall–Kier alpha value is -5.07. The number of rotatable bonds is 9. The molecule has 0 saturated heterocycles. The van der Waals surface area contributed by atoms with Crippen LogP contribution in [0.4, 0.5) is 22.0 Å². The van der Waals surface area contributed by atoms with Gasteiger partial charge in [0.1, 0.15) is 23.5 Å². The van der Waals surface area contributed by atoms with Crippen LogP contribution in [0.1, 0.15) is 32.3 Å². The highest BCUT2D eigenvalue weighted by Crippen LogP contribution is 2.41. The van der Waals surface area contributed by atoms with E-state index in [2.05, 4.69) is 20.9 Å². The maximum absolute atomic E-state index is 12.3. The van der Waals surface area contributed by atoms with E-state index < -0.39 is 17.6 Å². The Kier molecular flexibility index (Phi) is 8.69. The summed E-state index contributed by atoms with van der Waals surface area (Å²) in [7, 11) is 4.65. The second kappa shape index (κ2) is 12.2. The van der Waals surface area contributed by atoms with E-state index in [1.54, 1.807) is 83.0 Å². The molecule has 4 aromatic rings. The summed E-state index contributed by atoms with van der Waals surface area (Å²) in [5.41, 5.74) is 2.73. The lowest BCUT2D eigenvalue weighted by molar-refractivity contribution is -0.115. The predicted octanol–water partition coefficient (Wildman–Crippen LogP) is 4.64. The first kappa shape index (κ1) is 29.9. The number of ether oxygens (including phenoxy) is 4. The van der Waals surface area contributed by atoms with Crippen molar-refractivity contribution in [3.8, 4) is 28.6 Å². The lowest BCUT2D eigenvalue weighted by atomic mass is 10.2. The first-order valence-corrected chi connectivity index (χ1v) is 13.1. The predicted molar refractivity (Wildman–Crippen MR) is 158 cm³/mol. The number of carbonyl (C=O) groups is 2. The average molecular weight is 578 g/mol. The van der Waals surface area contributed by atoms with Gasteiger partial charge in [-0.15, -0.1) is 5.10 Å². The lowest BCUT2D eigenvalue weighted by Gasteiger charge is -2.19. The fraction of sp³-hybridized carbons (Fsp3) is 0.345. The fourth-order valence-electron chi connectivity index (χ4n) is 4.20. The van der Waals surface area contributed by atoms with Gasteiger partial charge < -0.3 is 34.9 Å². The van der Waals surface area contributed by atoms with E-state index in [-0.39, 0.29) is 6.54 Å². The van der Waals surface area contributed by atoms with Crippen molar-refractivity contribution in [2.75, 3.05) is 38.5 Å². The number of amides is 2. The Balaban J connectivity index is 1.59. The van der Waals surface area contributed by atoms with Crippen LogP contribution >= 0.6 is 0 Å². The molecular formula is C29H35N7O6. The average Bonchev–Trinajstić information content (AvgIpc) is 3.23. The van der Waals surface area contributed by atoms with Crippen LogP contribution in [0.15, 0.2) is 36.4 Å². The molecule has 13 heteroatoms. The maximum Gasteiger partial charge on any atom is 0.408 e. The third-order valence-electron chi connectivity index (χ3n) is 5.97. The van der Waals surface area contributed by atoms with Gasteiger partial charge in [-0.25, -0.2) is 19.3 Å². The Morgan fingerprint density at radius 3 is 2.12 bits per heavy atom. The van der Waals surface area contributed by atoms with Gasteiger partial charge >= 0.3 is 6.09 Å². The van der Waals surface area contributed by atoms with Crippen molar-refractivity contribution in [1.82, 2.24) is 24.9 Å². The molecule has 0 bridgehead atoms. The van der Waals surface area contributed by atoms with Gasteiger partial charge in [0.2, 0.25) is 11.7 Å². The number of anilines is 3. The minimum Gasteiger partial charge on any atom is -0.493 e. The molecule has 0 aliphatic heterocycles. The number of aryl methyl sites for hydroxylation is 2. The van der Waals surface area contributed by atoms with Crippen LogP contribution in [0.5, 0.6) is 17.2 Å². The van der Waals surface area contributed by atoms with Crippen LogP contribution in [-0.4, -0.2) is 65.1 Å². The van der Waals surface area contributed by atoms with Crippen molar-refractivity contribution in [3.63, 3.8) is 0 Å². The van der Waals surface area contributed by atoms with E-state index >= 15 is 0 Å². The SMILES string of the molecule is COc1cc(Nc2nc(-c3ccc(NC(=O)CNC(=O)OC(C)(C)C)cc3)nn3c(C)nc(C)c23)cc(OC)c1OC. The smallest absolute Gasteiger partial charge is 0.408 e. The number of aromatic nitrogens is 4. The molecule has 2 aromatic heterocycles. The number of nitrogens with one attached hydrogen (secondary N) is 3. The highest BCUT2D eigenvalue weighted by molar-refractivity contribution is 5.94. The number of hydrogen-bond donors (Lipinski definition) is 3. The molecule has 4 rings (SSSR count). The summed E-state index contributed by atoms with van der Waals surface area (Å²) in [4.78, 5) is 33.5. The first-order valence-electron chi connectivity index (χ1n) is 13.1. The highest BCUT2D eigenvalue weighted by atomic mass is 16.6. The van der Waals surface area contributed by atoms with Crippen molar-refractivity contribution in [2.24, 2.45) is 0 Å². The molecule has 222 valence electrons. The zero-order chi connectivity index (χ0) is 30.6. The number of benzene rings is 2. The molecular weight excluding hydrogens is 542 g/mol. The Bertz CT molecular complexity index is 1580. The molecule has 42 heavy (non-hydrogen) atoms. The number of carbonyl (C=O) groups excluding carboxylic acids is 2. The molecule has 0 radical (unpaired) electrons. The van der Waals surface area contributed by atoms with E-state index in [9.17, 15) is 9.59 Å². The molecule has 0 aliphatic carbocycles. The minimum atomic E-state index is -0.665. The van der Waals surface area contributed by atoms with Crippen LogP contribution in [-0.2, 0) is 9.53 Å². The van der Waals surface area contributed by atoms with Crippen LogP contribution in [0.3, 0.4) is 0 Å². The summed E-state index contributed by atoms with van der Waals surface area (Å²) in [5, 5.41) is 13.3. The normalized spacial score (nSPS) is 11.1. The Labute approximate surface area is 243 Å².